The predicted molar refractivity (Wildman–Crippen MR) is 132 cm³/mol. The van der Waals surface area contributed by atoms with Gasteiger partial charge in [0, 0.05) is 30.8 Å². The second-order valence-electron chi connectivity index (χ2n) is 7.65. The number of benzene rings is 3. The summed E-state index contributed by atoms with van der Waals surface area (Å²) >= 11 is 1.40. The normalized spacial score (nSPS) is 10.7. The number of ether oxygens (including phenoxy) is 1. The van der Waals surface area contributed by atoms with Crippen molar-refractivity contribution >= 4 is 39.1 Å². The number of thiazole rings is 1. The maximum absolute atomic E-state index is 12.3. The average molecular weight is 460 g/mol. The van der Waals surface area contributed by atoms with Crippen molar-refractivity contribution in [3.05, 3.63) is 77.7 Å². The molecule has 33 heavy (non-hydrogen) atoms. The van der Waals surface area contributed by atoms with Gasteiger partial charge in [0.25, 0.3) is 0 Å². The lowest BCUT2D eigenvalue weighted by molar-refractivity contribution is -0.119. The van der Waals surface area contributed by atoms with Crippen molar-refractivity contribution in [2.24, 2.45) is 0 Å². The van der Waals surface area contributed by atoms with Gasteiger partial charge in [0.1, 0.15) is 5.75 Å². The number of nitrogens with one attached hydrogen (secondary N) is 2. The highest BCUT2D eigenvalue weighted by atomic mass is 32.1. The summed E-state index contributed by atoms with van der Waals surface area (Å²) in [6.45, 7) is 2.47. The molecule has 3 aromatic carbocycles. The van der Waals surface area contributed by atoms with Gasteiger partial charge in [-0.05, 0) is 34.9 Å². The average Bonchev–Trinajstić information content (AvgIpc) is 3.29. The number of carbonyl (C=O) groups excluding carboxylic acids is 2. The standard InChI is InChI=1S/C26H25N3O3S/c1-18(30)27-16-19-8-10-21(11-9-19)24-17-33-26(28-24)29-25(31)7-4-14-32-23-13-12-20-5-2-3-6-22(20)15-23/h2-3,5-6,8-13,15,17H,4,7,14,16H2,1H3,(H,27,30)(H,28,29,31). The summed E-state index contributed by atoms with van der Waals surface area (Å²) in [6, 6.07) is 22.0. The maximum atomic E-state index is 12.3. The number of nitrogens with zero attached hydrogens (tertiary/aromatic N) is 1. The first-order valence-corrected chi connectivity index (χ1v) is 11.7. The number of amides is 2. The van der Waals surface area contributed by atoms with E-state index in [1.165, 1.54) is 23.6 Å². The van der Waals surface area contributed by atoms with Gasteiger partial charge in [-0.15, -0.1) is 11.3 Å². The van der Waals surface area contributed by atoms with Crippen LogP contribution < -0.4 is 15.4 Å². The van der Waals surface area contributed by atoms with Crippen molar-refractivity contribution in [2.45, 2.75) is 26.3 Å². The molecule has 0 bridgehead atoms. The highest BCUT2D eigenvalue weighted by Gasteiger charge is 2.09. The minimum absolute atomic E-state index is 0.0563. The van der Waals surface area contributed by atoms with E-state index >= 15 is 0 Å². The van der Waals surface area contributed by atoms with E-state index in [0.29, 0.717) is 31.1 Å². The van der Waals surface area contributed by atoms with Gasteiger partial charge < -0.3 is 15.4 Å². The molecule has 1 aromatic heterocycles. The Hall–Kier alpha value is -3.71. The lowest BCUT2D eigenvalue weighted by Crippen LogP contribution is -2.18. The van der Waals surface area contributed by atoms with E-state index in [9.17, 15) is 9.59 Å². The Balaban J connectivity index is 1.22. The van der Waals surface area contributed by atoms with Crippen LogP contribution in [0.25, 0.3) is 22.0 Å². The van der Waals surface area contributed by atoms with Crippen LogP contribution in [-0.4, -0.2) is 23.4 Å². The van der Waals surface area contributed by atoms with Crippen LogP contribution in [-0.2, 0) is 16.1 Å². The van der Waals surface area contributed by atoms with Crippen LogP contribution in [0.2, 0.25) is 0 Å². The summed E-state index contributed by atoms with van der Waals surface area (Å²) < 4.78 is 5.80. The monoisotopic (exact) mass is 459 g/mol. The molecule has 0 saturated carbocycles. The lowest BCUT2D eigenvalue weighted by Gasteiger charge is -2.07. The third-order valence-electron chi connectivity index (χ3n) is 5.08. The molecule has 0 radical (unpaired) electrons. The molecule has 2 N–H and O–H groups in total. The highest BCUT2D eigenvalue weighted by molar-refractivity contribution is 7.14. The van der Waals surface area contributed by atoms with E-state index in [0.717, 1.165) is 28.0 Å². The van der Waals surface area contributed by atoms with Crippen molar-refractivity contribution < 1.29 is 14.3 Å². The Bertz CT molecular complexity index is 1250. The molecule has 0 unspecified atom stereocenters. The van der Waals surface area contributed by atoms with Crippen LogP contribution >= 0.6 is 11.3 Å². The molecular formula is C26H25N3O3S. The quantitative estimate of drug-likeness (QED) is 0.329. The van der Waals surface area contributed by atoms with Crippen molar-refractivity contribution in [1.29, 1.82) is 0 Å². The zero-order valence-electron chi connectivity index (χ0n) is 18.3. The third-order valence-corrected chi connectivity index (χ3v) is 5.84. The van der Waals surface area contributed by atoms with E-state index < -0.39 is 0 Å². The van der Waals surface area contributed by atoms with Gasteiger partial charge >= 0.3 is 0 Å². The molecule has 0 aliphatic carbocycles. The summed E-state index contributed by atoms with van der Waals surface area (Å²) in [4.78, 5) is 27.8. The zero-order valence-corrected chi connectivity index (χ0v) is 19.2. The third kappa shape index (κ3) is 6.40. The van der Waals surface area contributed by atoms with Crippen molar-refractivity contribution in [1.82, 2.24) is 10.3 Å². The first-order chi connectivity index (χ1) is 16.1. The van der Waals surface area contributed by atoms with Gasteiger partial charge in [0.2, 0.25) is 11.8 Å². The van der Waals surface area contributed by atoms with Crippen molar-refractivity contribution in [3.63, 3.8) is 0 Å². The summed E-state index contributed by atoms with van der Waals surface area (Å²) in [5, 5.41) is 10.4. The summed E-state index contributed by atoms with van der Waals surface area (Å²) in [7, 11) is 0. The molecule has 1 heterocycles. The minimum atomic E-state index is -0.0799. The van der Waals surface area contributed by atoms with Crippen LogP contribution in [0.3, 0.4) is 0 Å². The first-order valence-electron chi connectivity index (χ1n) is 10.8. The second-order valence-corrected chi connectivity index (χ2v) is 8.51. The number of carbonyl (C=O) groups is 2. The Morgan fingerprint density at radius 2 is 1.79 bits per heavy atom. The van der Waals surface area contributed by atoms with E-state index in [4.69, 9.17) is 4.74 Å². The topological polar surface area (TPSA) is 80.3 Å². The first kappa shape index (κ1) is 22.5. The number of anilines is 1. The van der Waals surface area contributed by atoms with Gasteiger partial charge in [0.05, 0.1) is 12.3 Å². The molecular weight excluding hydrogens is 434 g/mol. The van der Waals surface area contributed by atoms with Gasteiger partial charge in [-0.25, -0.2) is 4.98 Å². The number of rotatable bonds is 9. The van der Waals surface area contributed by atoms with Crippen LogP contribution in [0.1, 0.15) is 25.3 Å². The second kappa shape index (κ2) is 10.7. The molecule has 2 amide bonds. The van der Waals surface area contributed by atoms with E-state index in [-0.39, 0.29) is 11.8 Å². The molecule has 0 atom stereocenters. The molecule has 0 fully saturated rings. The van der Waals surface area contributed by atoms with Crippen molar-refractivity contribution in [2.75, 3.05) is 11.9 Å². The number of aromatic nitrogens is 1. The van der Waals surface area contributed by atoms with Crippen LogP contribution in [0, 0.1) is 0 Å². The van der Waals surface area contributed by atoms with Crippen LogP contribution in [0.15, 0.2) is 72.1 Å². The zero-order chi connectivity index (χ0) is 23.0. The SMILES string of the molecule is CC(=O)NCc1ccc(-c2csc(NC(=O)CCCOc3ccc4ccccc4c3)n2)cc1. The van der Waals surface area contributed by atoms with Crippen LogP contribution in [0.5, 0.6) is 5.75 Å². The Morgan fingerprint density at radius 3 is 2.58 bits per heavy atom. The molecule has 7 heteroatoms. The van der Waals surface area contributed by atoms with Gasteiger partial charge in [-0.3, -0.25) is 9.59 Å². The van der Waals surface area contributed by atoms with Crippen LogP contribution in [0.4, 0.5) is 5.13 Å². The van der Waals surface area contributed by atoms with E-state index in [1.54, 1.807) is 0 Å². The molecule has 0 aliphatic rings. The molecule has 0 saturated heterocycles. The highest BCUT2D eigenvalue weighted by Crippen LogP contribution is 2.25. The molecule has 6 nitrogen and oxygen atoms in total. The van der Waals surface area contributed by atoms with Crippen molar-refractivity contribution in [3.8, 4) is 17.0 Å². The number of hydrogen-bond donors (Lipinski definition) is 2. The molecule has 0 aliphatic heterocycles. The number of fused-ring (bicyclic) bond motifs is 1. The molecule has 4 aromatic rings. The van der Waals surface area contributed by atoms with Gasteiger partial charge in [-0.2, -0.15) is 0 Å². The maximum Gasteiger partial charge on any atom is 0.226 e. The Morgan fingerprint density at radius 1 is 1.00 bits per heavy atom. The molecule has 0 spiro atoms. The largest absolute Gasteiger partial charge is 0.494 e. The Labute approximate surface area is 196 Å². The summed E-state index contributed by atoms with van der Waals surface area (Å²) in [5.74, 6) is 0.671. The minimum Gasteiger partial charge on any atom is -0.494 e. The summed E-state index contributed by atoms with van der Waals surface area (Å²) in [5.41, 5.74) is 2.78. The lowest BCUT2D eigenvalue weighted by atomic mass is 10.1. The van der Waals surface area contributed by atoms with E-state index in [1.807, 2.05) is 60.0 Å². The van der Waals surface area contributed by atoms with Gasteiger partial charge in [-0.1, -0.05) is 54.6 Å². The fraction of sp³-hybridized carbons (Fsp3) is 0.192. The fourth-order valence-electron chi connectivity index (χ4n) is 3.35. The van der Waals surface area contributed by atoms with E-state index in [2.05, 4.69) is 27.8 Å². The Kier molecular flexibility index (Phi) is 7.32. The smallest absolute Gasteiger partial charge is 0.226 e. The van der Waals surface area contributed by atoms with Gasteiger partial charge in [0.15, 0.2) is 5.13 Å². The summed E-state index contributed by atoms with van der Waals surface area (Å²) in [6.07, 6.45) is 0.979. The fourth-order valence-corrected chi connectivity index (χ4v) is 4.08. The molecule has 4 rings (SSSR count). The molecule has 168 valence electrons. The number of hydrogen-bond acceptors (Lipinski definition) is 5. The predicted octanol–water partition coefficient (Wildman–Crippen LogP) is 5.40.